The SMILES string of the molecule is O=C(NCc1ccco1)NC1COCC1C(=O)O. The lowest BCUT2D eigenvalue weighted by Gasteiger charge is -2.15. The van der Waals surface area contributed by atoms with Gasteiger partial charge in [-0.25, -0.2) is 4.79 Å². The third kappa shape index (κ3) is 3.01. The van der Waals surface area contributed by atoms with Crippen molar-refractivity contribution in [2.24, 2.45) is 5.92 Å². The van der Waals surface area contributed by atoms with E-state index in [0.717, 1.165) is 0 Å². The van der Waals surface area contributed by atoms with E-state index in [2.05, 4.69) is 10.6 Å². The predicted octanol–water partition coefficient (Wildman–Crippen LogP) is 0.178. The number of hydrogen-bond acceptors (Lipinski definition) is 4. The van der Waals surface area contributed by atoms with Crippen LogP contribution in [0.15, 0.2) is 22.8 Å². The van der Waals surface area contributed by atoms with E-state index >= 15 is 0 Å². The first-order valence-electron chi connectivity index (χ1n) is 5.54. The minimum atomic E-state index is -0.969. The Bertz CT molecular complexity index is 417. The summed E-state index contributed by atoms with van der Waals surface area (Å²) in [4.78, 5) is 22.4. The van der Waals surface area contributed by atoms with Crippen molar-refractivity contribution in [3.63, 3.8) is 0 Å². The molecule has 0 aromatic carbocycles. The summed E-state index contributed by atoms with van der Waals surface area (Å²) < 4.78 is 10.1. The van der Waals surface area contributed by atoms with Crippen LogP contribution in [0.4, 0.5) is 4.79 Å². The van der Waals surface area contributed by atoms with Crippen LogP contribution in [0.3, 0.4) is 0 Å². The normalized spacial score (nSPS) is 22.7. The summed E-state index contributed by atoms with van der Waals surface area (Å²) in [5, 5.41) is 14.1. The molecule has 7 nitrogen and oxygen atoms in total. The van der Waals surface area contributed by atoms with Crippen LogP contribution in [-0.4, -0.2) is 36.4 Å². The van der Waals surface area contributed by atoms with Crippen molar-refractivity contribution in [1.82, 2.24) is 10.6 Å². The predicted molar refractivity (Wildman–Crippen MR) is 59.8 cm³/mol. The lowest BCUT2D eigenvalue weighted by atomic mass is 10.0. The summed E-state index contributed by atoms with van der Waals surface area (Å²) in [6.07, 6.45) is 1.51. The fraction of sp³-hybridized carbons (Fsp3) is 0.455. The number of rotatable bonds is 4. The molecule has 0 bridgehead atoms. The molecular weight excluding hydrogens is 240 g/mol. The van der Waals surface area contributed by atoms with E-state index in [4.69, 9.17) is 14.3 Å². The zero-order valence-electron chi connectivity index (χ0n) is 9.59. The van der Waals surface area contributed by atoms with Gasteiger partial charge in [-0.15, -0.1) is 0 Å². The zero-order valence-corrected chi connectivity index (χ0v) is 9.59. The number of carbonyl (C=O) groups excluding carboxylic acids is 1. The highest BCUT2D eigenvalue weighted by molar-refractivity contribution is 5.77. The number of amides is 2. The quantitative estimate of drug-likeness (QED) is 0.711. The molecule has 2 atom stereocenters. The second-order valence-corrected chi connectivity index (χ2v) is 4.00. The summed E-state index contributed by atoms with van der Waals surface area (Å²) in [5.74, 6) is -1.04. The Labute approximate surface area is 103 Å². The van der Waals surface area contributed by atoms with Crippen molar-refractivity contribution in [2.45, 2.75) is 12.6 Å². The number of hydrogen-bond donors (Lipinski definition) is 3. The van der Waals surface area contributed by atoms with Crippen LogP contribution in [0.1, 0.15) is 5.76 Å². The van der Waals surface area contributed by atoms with Crippen molar-refractivity contribution in [1.29, 1.82) is 0 Å². The summed E-state index contributed by atoms with van der Waals surface area (Å²) in [6.45, 7) is 0.591. The third-order valence-electron chi connectivity index (χ3n) is 2.72. The van der Waals surface area contributed by atoms with Crippen molar-refractivity contribution in [3.8, 4) is 0 Å². The highest BCUT2D eigenvalue weighted by Crippen LogP contribution is 2.13. The van der Waals surface area contributed by atoms with E-state index in [9.17, 15) is 9.59 Å². The molecule has 1 aliphatic heterocycles. The first-order valence-corrected chi connectivity index (χ1v) is 5.54. The molecule has 18 heavy (non-hydrogen) atoms. The maximum atomic E-state index is 11.5. The van der Waals surface area contributed by atoms with Gasteiger partial charge in [0.25, 0.3) is 0 Å². The molecule has 2 amide bonds. The van der Waals surface area contributed by atoms with Crippen LogP contribution in [0, 0.1) is 5.92 Å². The molecule has 0 radical (unpaired) electrons. The van der Waals surface area contributed by atoms with Gasteiger partial charge in [-0.3, -0.25) is 4.79 Å². The minimum Gasteiger partial charge on any atom is -0.481 e. The number of carboxylic acids is 1. The molecule has 2 rings (SSSR count). The Balaban J connectivity index is 1.78. The largest absolute Gasteiger partial charge is 0.481 e. The van der Waals surface area contributed by atoms with Crippen LogP contribution in [0.25, 0.3) is 0 Å². The number of carboxylic acid groups (broad SMARTS) is 1. The second kappa shape index (κ2) is 5.54. The van der Waals surface area contributed by atoms with Gasteiger partial charge in [0.1, 0.15) is 11.7 Å². The van der Waals surface area contributed by atoms with E-state index in [1.54, 1.807) is 12.1 Å². The Morgan fingerprint density at radius 2 is 2.28 bits per heavy atom. The van der Waals surface area contributed by atoms with Gasteiger partial charge in [-0.1, -0.05) is 0 Å². The highest BCUT2D eigenvalue weighted by Gasteiger charge is 2.34. The number of aliphatic carboxylic acids is 1. The Kier molecular flexibility index (Phi) is 3.83. The topological polar surface area (TPSA) is 101 Å². The zero-order chi connectivity index (χ0) is 13.0. The highest BCUT2D eigenvalue weighted by atomic mass is 16.5. The molecule has 1 saturated heterocycles. The molecule has 3 N–H and O–H groups in total. The van der Waals surface area contributed by atoms with Crippen molar-refractivity contribution in [3.05, 3.63) is 24.2 Å². The van der Waals surface area contributed by atoms with Gasteiger partial charge in [0.2, 0.25) is 0 Å². The number of urea groups is 1. The maximum absolute atomic E-state index is 11.5. The smallest absolute Gasteiger partial charge is 0.315 e. The standard InChI is InChI=1S/C11H14N2O5/c14-10(15)8-5-17-6-9(8)13-11(16)12-4-7-2-1-3-18-7/h1-3,8-9H,4-6H2,(H,14,15)(H2,12,13,16). The molecule has 1 fully saturated rings. The lowest BCUT2D eigenvalue weighted by molar-refractivity contribution is -0.142. The van der Waals surface area contributed by atoms with Gasteiger partial charge in [0.05, 0.1) is 32.1 Å². The molecular formula is C11H14N2O5. The molecule has 0 spiro atoms. The summed E-state index contributed by atoms with van der Waals surface area (Å²) in [6, 6.07) is 2.52. The molecule has 0 saturated carbocycles. The van der Waals surface area contributed by atoms with Gasteiger partial charge in [0.15, 0.2) is 0 Å². The first-order chi connectivity index (χ1) is 8.66. The maximum Gasteiger partial charge on any atom is 0.315 e. The average molecular weight is 254 g/mol. The number of ether oxygens (including phenoxy) is 1. The first kappa shape index (κ1) is 12.4. The number of carbonyl (C=O) groups is 2. The van der Waals surface area contributed by atoms with Crippen LogP contribution >= 0.6 is 0 Å². The Hall–Kier alpha value is -2.02. The van der Waals surface area contributed by atoms with Gasteiger partial charge in [-0.2, -0.15) is 0 Å². The van der Waals surface area contributed by atoms with Crippen molar-refractivity contribution < 1.29 is 23.8 Å². The summed E-state index contributed by atoms with van der Waals surface area (Å²) in [7, 11) is 0. The lowest BCUT2D eigenvalue weighted by Crippen LogP contribution is -2.46. The van der Waals surface area contributed by atoms with Crippen molar-refractivity contribution in [2.75, 3.05) is 13.2 Å². The second-order valence-electron chi connectivity index (χ2n) is 4.00. The van der Waals surface area contributed by atoms with E-state index < -0.39 is 24.0 Å². The molecule has 1 aromatic heterocycles. The van der Waals surface area contributed by atoms with Gasteiger partial charge in [-0.05, 0) is 12.1 Å². The van der Waals surface area contributed by atoms with Crippen LogP contribution in [-0.2, 0) is 16.1 Å². The molecule has 0 aliphatic carbocycles. The Morgan fingerprint density at radius 3 is 2.94 bits per heavy atom. The summed E-state index contributed by atoms with van der Waals surface area (Å²) in [5.41, 5.74) is 0. The van der Waals surface area contributed by atoms with Gasteiger partial charge in [0, 0.05) is 0 Å². The molecule has 1 aliphatic rings. The molecule has 98 valence electrons. The van der Waals surface area contributed by atoms with E-state index in [-0.39, 0.29) is 19.8 Å². The fourth-order valence-electron chi connectivity index (χ4n) is 1.74. The Morgan fingerprint density at radius 1 is 1.44 bits per heavy atom. The fourth-order valence-corrected chi connectivity index (χ4v) is 1.74. The van der Waals surface area contributed by atoms with Crippen LogP contribution < -0.4 is 10.6 Å². The van der Waals surface area contributed by atoms with Crippen LogP contribution in [0.5, 0.6) is 0 Å². The van der Waals surface area contributed by atoms with Crippen molar-refractivity contribution >= 4 is 12.0 Å². The average Bonchev–Trinajstić information content (AvgIpc) is 2.96. The number of nitrogens with one attached hydrogen (secondary N) is 2. The molecule has 2 unspecified atom stereocenters. The van der Waals surface area contributed by atoms with Gasteiger partial charge >= 0.3 is 12.0 Å². The minimum absolute atomic E-state index is 0.123. The molecule has 2 heterocycles. The summed E-state index contributed by atoms with van der Waals surface area (Å²) >= 11 is 0. The molecule has 1 aromatic rings. The van der Waals surface area contributed by atoms with E-state index in [1.807, 2.05) is 0 Å². The third-order valence-corrected chi connectivity index (χ3v) is 2.72. The number of furan rings is 1. The van der Waals surface area contributed by atoms with E-state index in [1.165, 1.54) is 6.26 Å². The molecule has 7 heteroatoms. The van der Waals surface area contributed by atoms with Gasteiger partial charge < -0.3 is 24.9 Å². The monoisotopic (exact) mass is 254 g/mol. The van der Waals surface area contributed by atoms with E-state index in [0.29, 0.717) is 5.76 Å². The van der Waals surface area contributed by atoms with Crippen LogP contribution in [0.2, 0.25) is 0 Å².